The quantitative estimate of drug-likeness (QED) is 0.932. The van der Waals surface area contributed by atoms with Gasteiger partial charge in [0, 0.05) is 13.1 Å². The first-order valence-electron chi connectivity index (χ1n) is 6.44. The van der Waals surface area contributed by atoms with Crippen LogP contribution in [0.3, 0.4) is 0 Å². The van der Waals surface area contributed by atoms with Crippen molar-refractivity contribution in [1.82, 2.24) is 4.98 Å². The van der Waals surface area contributed by atoms with Crippen LogP contribution in [0.2, 0.25) is 0 Å². The molecule has 102 valence electrons. The third kappa shape index (κ3) is 2.33. The van der Waals surface area contributed by atoms with E-state index in [1.807, 2.05) is 13.0 Å². The average Bonchev–Trinajstić information content (AvgIpc) is 2.82. The van der Waals surface area contributed by atoms with Crippen molar-refractivity contribution in [2.24, 2.45) is 0 Å². The fourth-order valence-corrected chi connectivity index (χ4v) is 3.20. The highest BCUT2D eigenvalue weighted by atomic mass is 32.1. The molecule has 5 nitrogen and oxygen atoms in total. The number of anilines is 2. The maximum Gasteiger partial charge on any atom is 0.181 e. The van der Waals surface area contributed by atoms with E-state index in [4.69, 9.17) is 15.2 Å². The van der Waals surface area contributed by atoms with Gasteiger partial charge in [0.2, 0.25) is 0 Å². The zero-order chi connectivity index (χ0) is 13.2. The number of nitrogen functional groups attached to an aromatic ring is 1. The normalized spacial score (nSPS) is 15.9. The van der Waals surface area contributed by atoms with Gasteiger partial charge >= 0.3 is 0 Å². The van der Waals surface area contributed by atoms with E-state index in [0.29, 0.717) is 11.7 Å². The van der Waals surface area contributed by atoms with Gasteiger partial charge in [-0.25, -0.2) is 4.98 Å². The lowest BCUT2D eigenvalue weighted by atomic mass is 10.2. The molecule has 1 fully saturated rings. The Kier molecular flexibility index (Phi) is 3.44. The molecule has 2 heterocycles. The lowest BCUT2D eigenvalue weighted by Crippen LogP contribution is -2.36. The van der Waals surface area contributed by atoms with Gasteiger partial charge in [0.1, 0.15) is 11.3 Å². The summed E-state index contributed by atoms with van der Waals surface area (Å²) in [5.41, 5.74) is 7.91. The van der Waals surface area contributed by atoms with Crippen LogP contribution in [0.15, 0.2) is 12.1 Å². The van der Waals surface area contributed by atoms with Crippen LogP contribution in [0, 0.1) is 0 Å². The van der Waals surface area contributed by atoms with E-state index >= 15 is 0 Å². The zero-order valence-corrected chi connectivity index (χ0v) is 11.7. The number of hydrogen-bond donors (Lipinski definition) is 1. The van der Waals surface area contributed by atoms with Crippen molar-refractivity contribution in [3.8, 4) is 5.75 Å². The van der Waals surface area contributed by atoms with Crippen molar-refractivity contribution in [3.05, 3.63) is 12.1 Å². The summed E-state index contributed by atoms with van der Waals surface area (Å²) in [6.07, 6.45) is 0. The molecule has 0 amide bonds. The molecule has 1 aromatic heterocycles. The van der Waals surface area contributed by atoms with Gasteiger partial charge in [0.25, 0.3) is 0 Å². The van der Waals surface area contributed by atoms with Crippen LogP contribution in [-0.4, -0.2) is 37.9 Å². The highest BCUT2D eigenvalue weighted by Crippen LogP contribution is 2.38. The molecule has 19 heavy (non-hydrogen) atoms. The summed E-state index contributed by atoms with van der Waals surface area (Å²) < 4.78 is 12.1. The number of nitrogens with two attached hydrogens (primary N) is 1. The Hall–Kier alpha value is -1.53. The molecule has 0 bridgehead atoms. The lowest BCUT2D eigenvalue weighted by molar-refractivity contribution is 0.123. The Labute approximate surface area is 115 Å². The number of fused-ring (bicyclic) bond motifs is 1. The number of hydrogen-bond acceptors (Lipinski definition) is 6. The van der Waals surface area contributed by atoms with E-state index in [9.17, 15) is 0 Å². The standard InChI is InChI=1S/C13H17N3O2S/c1-2-18-10-4-3-9(16-5-7-17-8-6-16)12-11(10)15-13(14)19-12/h3-4H,2,5-8H2,1H3,(H2,14,15). The molecule has 0 spiro atoms. The van der Waals surface area contributed by atoms with E-state index in [1.54, 1.807) is 0 Å². The maximum absolute atomic E-state index is 5.86. The molecule has 0 unspecified atom stereocenters. The SMILES string of the molecule is CCOc1ccc(N2CCOCC2)c2sc(N)nc12. The number of morpholine rings is 1. The minimum atomic E-state index is 0.580. The lowest BCUT2D eigenvalue weighted by Gasteiger charge is -2.29. The van der Waals surface area contributed by atoms with Crippen molar-refractivity contribution in [2.75, 3.05) is 43.5 Å². The molecule has 0 atom stereocenters. The molecular formula is C13H17N3O2S. The second-order valence-corrected chi connectivity index (χ2v) is 5.38. The number of thiazole rings is 1. The van der Waals surface area contributed by atoms with E-state index in [2.05, 4.69) is 16.0 Å². The first-order chi connectivity index (χ1) is 9.29. The summed E-state index contributed by atoms with van der Waals surface area (Å²) >= 11 is 1.52. The predicted molar refractivity (Wildman–Crippen MR) is 78.2 cm³/mol. The summed E-state index contributed by atoms with van der Waals surface area (Å²) in [5, 5.41) is 0.580. The monoisotopic (exact) mass is 279 g/mol. The number of aromatic nitrogens is 1. The molecule has 0 radical (unpaired) electrons. The molecule has 1 aliphatic rings. The van der Waals surface area contributed by atoms with Crippen molar-refractivity contribution < 1.29 is 9.47 Å². The maximum atomic E-state index is 5.86. The van der Waals surface area contributed by atoms with Crippen molar-refractivity contribution >= 4 is 32.4 Å². The number of benzene rings is 1. The van der Waals surface area contributed by atoms with Crippen LogP contribution < -0.4 is 15.4 Å². The summed E-state index contributed by atoms with van der Waals surface area (Å²) in [4.78, 5) is 6.72. The first kappa shape index (κ1) is 12.5. The Morgan fingerprint density at radius 1 is 1.42 bits per heavy atom. The van der Waals surface area contributed by atoms with Gasteiger partial charge in [-0.2, -0.15) is 0 Å². The van der Waals surface area contributed by atoms with Gasteiger partial charge in [0.05, 0.1) is 30.2 Å². The van der Waals surface area contributed by atoms with Crippen LogP contribution in [-0.2, 0) is 4.74 Å². The van der Waals surface area contributed by atoms with Crippen molar-refractivity contribution in [1.29, 1.82) is 0 Å². The van der Waals surface area contributed by atoms with E-state index < -0.39 is 0 Å². The third-order valence-electron chi connectivity index (χ3n) is 3.15. The van der Waals surface area contributed by atoms with E-state index in [1.165, 1.54) is 17.0 Å². The second-order valence-electron chi connectivity index (χ2n) is 4.35. The molecule has 2 aromatic rings. The van der Waals surface area contributed by atoms with Crippen molar-refractivity contribution in [2.45, 2.75) is 6.92 Å². The van der Waals surface area contributed by atoms with Crippen LogP contribution in [0.4, 0.5) is 10.8 Å². The molecule has 1 aromatic carbocycles. The largest absolute Gasteiger partial charge is 0.492 e. The number of nitrogens with zero attached hydrogens (tertiary/aromatic N) is 2. The summed E-state index contributed by atoms with van der Waals surface area (Å²) in [7, 11) is 0. The summed E-state index contributed by atoms with van der Waals surface area (Å²) in [6.45, 7) is 5.94. The van der Waals surface area contributed by atoms with E-state index in [-0.39, 0.29) is 0 Å². The van der Waals surface area contributed by atoms with Crippen LogP contribution in [0.5, 0.6) is 5.75 Å². The zero-order valence-electron chi connectivity index (χ0n) is 10.9. The smallest absolute Gasteiger partial charge is 0.181 e. The fourth-order valence-electron chi connectivity index (χ4n) is 2.31. The minimum absolute atomic E-state index is 0.580. The van der Waals surface area contributed by atoms with Crippen LogP contribution in [0.25, 0.3) is 10.2 Å². The fraction of sp³-hybridized carbons (Fsp3) is 0.462. The van der Waals surface area contributed by atoms with Crippen LogP contribution in [0.1, 0.15) is 6.92 Å². The highest BCUT2D eigenvalue weighted by molar-refractivity contribution is 7.22. The van der Waals surface area contributed by atoms with Gasteiger partial charge in [-0.1, -0.05) is 11.3 Å². The Morgan fingerprint density at radius 2 is 2.21 bits per heavy atom. The molecule has 1 saturated heterocycles. The van der Waals surface area contributed by atoms with Gasteiger partial charge < -0.3 is 20.1 Å². The topological polar surface area (TPSA) is 60.6 Å². The second kappa shape index (κ2) is 5.22. The average molecular weight is 279 g/mol. The van der Waals surface area contributed by atoms with Crippen LogP contribution >= 0.6 is 11.3 Å². The van der Waals surface area contributed by atoms with Crippen molar-refractivity contribution in [3.63, 3.8) is 0 Å². The minimum Gasteiger partial charge on any atom is -0.492 e. The van der Waals surface area contributed by atoms with Gasteiger partial charge in [-0.15, -0.1) is 0 Å². The molecule has 0 aliphatic carbocycles. The van der Waals surface area contributed by atoms with Gasteiger partial charge in [-0.05, 0) is 19.1 Å². The molecule has 0 saturated carbocycles. The number of ether oxygens (including phenoxy) is 2. The highest BCUT2D eigenvalue weighted by Gasteiger charge is 2.18. The van der Waals surface area contributed by atoms with Gasteiger partial charge in [0.15, 0.2) is 5.13 Å². The molecular weight excluding hydrogens is 262 g/mol. The Balaban J connectivity index is 2.07. The summed E-state index contributed by atoms with van der Waals surface area (Å²) in [5.74, 6) is 0.808. The third-order valence-corrected chi connectivity index (χ3v) is 4.06. The first-order valence-corrected chi connectivity index (χ1v) is 7.25. The predicted octanol–water partition coefficient (Wildman–Crippen LogP) is 2.11. The summed E-state index contributed by atoms with van der Waals surface area (Å²) in [6, 6.07) is 4.08. The molecule has 3 rings (SSSR count). The number of rotatable bonds is 3. The molecule has 2 N–H and O–H groups in total. The Bertz CT molecular complexity index is 579. The molecule has 1 aliphatic heterocycles. The molecule has 6 heteroatoms. The van der Waals surface area contributed by atoms with Gasteiger partial charge in [-0.3, -0.25) is 0 Å². The van der Waals surface area contributed by atoms with E-state index in [0.717, 1.165) is 42.3 Å². The Morgan fingerprint density at radius 3 is 2.95 bits per heavy atom.